The molecule has 0 aromatic carbocycles. The number of aromatic nitrogens is 4. The van der Waals surface area contributed by atoms with Gasteiger partial charge in [0.05, 0.1) is 17.1 Å². The summed E-state index contributed by atoms with van der Waals surface area (Å²) in [6, 6.07) is 1.99. The Bertz CT molecular complexity index is 466. The lowest BCUT2D eigenvalue weighted by Gasteiger charge is -2.00. The van der Waals surface area contributed by atoms with Crippen molar-refractivity contribution >= 4 is 5.69 Å². The van der Waals surface area contributed by atoms with Crippen molar-refractivity contribution in [2.45, 2.75) is 20.8 Å². The number of nitrogens with one attached hydrogen (secondary N) is 1. The zero-order chi connectivity index (χ0) is 10.3. The van der Waals surface area contributed by atoms with Gasteiger partial charge in [-0.15, -0.1) is 0 Å². The maximum atomic E-state index is 5.86. The molecule has 0 bridgehead atoms. The van der Waals surface area contributed by atoms with Gasteiger partial charge >= 0.3 is 0 Å². The Labute approximate surface area is 81.9 Å². The second-order valence-corrected chi connectivity index (χ2v) is 3.42. The minimum Gasteiger partial charge on any atom is -0.394 e. The SMILES string of the molecule is Cc1cc(C)n(-c2n[nH]c(C)c2N)n1. The van der Waals surface area contributed by atoms with Crippen molar-refractivity contribution in [2.75, 3.05) is 5.73 Å². The van der Waals surface area contributed by atoms with Gasteiger partial charge < -0.3 is 5.73 Å². The van der Waals surface area contributed by atoms with E-state index in [1.54, 1.807) is 4.68 Å². The Morgan fingerprint density at radius 2 is 2.07 bits per heavy atom. The molecule has 14 heavy (non-hydrogen) atoms. The van der Waals surface area contributed by atoms with Crippen LogP contribution in [-0.2, 0) is 0 Å². The van der Waals surface area contributed by atoms with Crippen LogP contribution < -0.4 is 5.73 Å². The van der Waals surface area contributed by atoms with E-state index < -0.39 is 0 Å². The third-order valence-corrected chi connectivity index (χ3v) is 2.18. The smallest absolute Gasteiger partial charge is 0.198 e. The fraction of sp³-hybridized carbons (Fsp3) is 0.333. The van der Waals surface area contributed by atoms with Crippen LogP contribution in [0.1, 0.15) is 17.1 Å². The third kappa shape index (κ3) is 1.17. The van der Waals surface area contributed by atoms with Crippen molar-refractivity contribution in [3.63, 3.8) is 0 Å². The molecule has 0 fully saturated rings. The van der Waals surface area contributed by atoms with E-state index in [9.17, 15) is 0 Å². The van der Waals surface area contributed by atoms with Crippen LogP contribution in [0.25, 0.3) is 5.82 Å². The highest BCUT2D eigenvalue weighted by Crippen LogP contribution is 2.18. The van der Waals surface area contributed by atoms with Crippen LogP contribution in [0.3, 0.4) is 0 Å². The van der Waals surface area contributed by atoms with Gasteiger partial charge in [-0.05, 0) is 26.8 Å². The molecule has 2 rings (SSSR count). The fourth-order valence-electron chi connectivity index (χ4n) is 1.43. The normalized spacial score (nSPS) is 10.8. The molecule has 0 saturated carbocycles. The molecule has 0 aliphatic rings. The summed E-state index contributed by atoms with van der Waals surface area (Å²) in [4.78, 5) is 0. The highest BCUT2D eigenvalue weighted by atomic mass is 15.4. The lowest BCUT2D eigenvalue weighted by Crippen LogP contribution is -2.02. The Morgan fingerprint density at radius 3 is 2.50 bits per heavy atom. The molecule has 74 valence electrons. The van der Waals surface area contributed by atoms with Crippen LogP contribution in [0, 0.1) is 20.8 Å². The lowest BCUT2D eigenvalue weighted by atomic mass is 10.4. The first kappa shape index (κ1) is 8.80. The molecule has 2 aromatic rings. The highest BCUT2D eigenvalue weighted by Gasteiger charge is 2.11. The monoisotopic (exact) mass is 191 g/mol. The predicted octanol–water partition coefficient (Wildman–Crippen LogP) is 1.10. The van der Waals surface area contributed by atoms with Gasteiger partial charge in [-0.2, -0.15) is 10.2 Å². The number of hydrogen-bond donors (Lipinski definition) is 2. The van der Waals surface area contributed by atoms with Crippen LogP contribution >= 0.6 is 0 Å². The molecular formula is C9H13N5. The number of anilines is 1. The average Bonchev–Trinajstić information content (AvgIpc) is 2.59. The molecule has 5 heteroatoms. The van der Waals surface area contributed by atoms with Gasteiger partial charge in [0, 0.05) is 5.69 Å². The van der Waals surface area contributed by atoms with Crippen LogP contribution in [0.2, 0.25) is 0 Å². The molecule has 2 heterocycles. The summed E-state index contributed by atoms with van der Waals surface area (Å²) in [5, 5.41) is 11.3. The minimum atomic E-state index is 0.649. The van der Waals surface area contributed by atoms with E-state index in [1.165, 1.54) is 0 Å². The maximum absolute atomic E-state index is 5.86. The summed E-state index contributed by atoms with van der Waals surface area (Å²) in [5.74, 6) is 0.674. The number of nitrogen functional groups attached to an aromatic ring is 1. The van der Waals surface area contributed by atoms with E-state index in [1.807, 2.05) is 26.8 Å². The summed E-state index contributed by atoms with van der Waals surface area (Å²) in [6.45, 7) is 5.81. The molecular weight excluding hydrogens is 178 g/mol. The van der Waals surface area contributed by atoms with Gasteiger partial charge in [0.2, 0.25) is 0 Å². The summed E-state index contributed by atoms with van der Waals surface area (Å²) in [6.07, 6.45) is 0. The Kier molecular flexibility index (Phi) is 1.80. The zero-order valence-electron chi connectivity index (χ0n) is 8.50. The fourth-order valence-corrected chi connectivity index (χ4v) is 1.43. The number of rotatable bonds is 1. The highest BCUT2D eigenvalue weighted by molar-refractivity contribution is 5.56. The van der Waals surface area contributed by atoms with Crippen LogP contribution in [0.4, 0.5) is 5.69 Å². The van der Waals surface area contributed by atoms with Crippen molar-refractivity contribution in [1.29, 1.82) is 0 Å². The number of nitrogens with two attached hydrogens (primary N) is 1. The summed E-state index contributed by atoms with van der Waals surface area (Å²) < 4.78 is 1.74. The Hall–Kier alpha value is -1.78. The number of nitrogens with zero attached hydrogens (tertiary/aromatic N) is 3. The molecule has 0 aliphatic carbocycles. The second-order valence-electron chi connectivity index (χ2n) is 3.42. The second kappa shape index (κ2) is 2.87. The van der Waals surface area contributed by atoms with E-state index in [2.05, 4.69) is 15.3 Å². The van der Waals surface area contributed by atoms with E-state index in [0.29, 0.717) is 11.5 Å². The predicted molar refractivity (Wildman–Crippen MR) is 54.3 cm³/mol. The minimum absolute atomic E-state index is 0.649. The van der Waals surface area contributed by atoms with Crippen molar-refractivity contribution in [2.24, 2.45) is 0 Å². The zero-order valence-corrected chi connectivity index (χ0v) is 8.50. The van der Waals surface area contributed by atoms with Crippen molar-refractivity contribution in [3.05, 3.63) is 23.1 Å². The number of hydrogen-bond acceptors (Lipinski definition) is 3. The van der Waals surface area contributed by atoms with Crippen LogP contribution in [0.5, 0.6) is 0 Å². The Morgan fingerprint density at radius 1 is 1.36 bits per heavy atom. The van der Waals surface area contributed by atoms with Gasteiger partial charge in [0.25, 0.3) is 0 Å². The van der Waals surface area contributed by atoms with E-state index in [4.69, 9.17) is 5.73 Å². The number of aromatic amines is 1. The van der Waals surface area contributed by atoms with Gasteiger partial charge in [-0.3, -0.25) is 5.10 Å². The number of aryl methyl sites for hydroxylation is 3. The molecule has 0 amide bonds. The van der Waals surface area contributed by atoms with Crippen molar-refractivity contribution in [3.8, 4) is 5.82 Å². The molecule has 0 spiro atoms. The molecule has 0 radical (unpaired) electrons. The standard InChI is InChI=1S/C9H13N5/c1-5-4-6(2)14(13-5)9-8(10)7(3)11-12-9/h4H,10H2,1-3H3,(H,11,12). The molecule has 0 saturated heterocycles. The average molecular weight is 191 g/mol. The van der Waals surface area contributed by atoms with Crippen molar-refractivity contribution in [1.82, 2.24) is 20.0 Å². The van der Waals surface area contributed by atoms with Crippen molar-refractivity contribution < 1.29 is 0 Å². The lowest BCUT2D eigenvalue weighted by molar-refractivity contribution is 0.799. The maximum Gasteiger partial charge on any atom is 0.198 e. The van der Waals surface area contributed by atoms with Gasteiger partial charge in [0.15, 0.2) is 5.82 Å². The molecule has 5 nitrogen and oxygen atoms in total. The summed E-state index contributed by atoms with van der Waals surface area (Å²) in [5.41, 5.74) is 9.36. The van der Waals surface area contributed by atoms with E-state index in [-0.39, 0.29) is 0 Å². The van der Waals surface area contributed by atoms with E-state index in [0.717, 1.165) is 17.1 Å². The quantitative estimate of drug-likeness (QED) is 0.709. The topological polar surface area (TPSA) is 72.5 Å². The summed E-state index contributed by atoms with van der Waals surface area (Å²) >= 11 is 0. The van der Waals surface area contributed by atoms with Gasteiger partial charge in [-0.1, -0.05) is 0 Å². The van der Waals surface area contributed by atoms with Gasteiger partial charge in [0.1, 0.15) is 0 Å². The van der Waals surface area contributed by atoms with Crippen LogP contribution in [0.15, 0.2) is 6.07 Å². The first-order chi connectivity index (χ1) is 6.59. The first-order valence-electron chi connectivity index (χ1n) is 4.43. The third-order valence-electron chi connectivity index (χ3n) is 2.18. The first-order valence-corrected chi connectivity index (χ1v) is 4.43. The molecule has 0 aliphatic heterocycles. The largest absolute Gasteiger partial charge is 0.394 e. The van der Waals surface area contributed by atoms with E-state index >= 15 is 0 Å². The molecule has 2 aromatic heterocycles. The molecule has 3 N–H and O–H groups in total. The Balaban J connectivity index is 2.59. The molecule has 0 atom stereocenters. The van der Waals surface area contributed by atoms with Crippen LogP contribution in [-0.4, -0.2) is 20.0 Å². The van der Waals surface area contributed by atoms with Gasteiger partial charge in [-0.25, -0.2) is 4.68 Å². The molecule has 0 unspecified atom stereocenters. The number of H-pyrrole nitrogens is 1. The summed E-state index contributed by atoms with van der Waals surface area (Å²) in [7, 11) is 0.